The highest BCUT2D eigenvalue weighted by atomic mass is 35.5. The Morgan fingerprint density at radius 1 is 0.642 bits per heavy atom. The molecule has 5 aromatic rings. The molecule has 5 aromatic carbocycles. The zero-order chi connectivity index (χ0) is 57.7. The number of nitro groups is 1. The van der Waals surface area contributed by atoms with Crippen LogP contribution in [0.4, 0.5) is 32.8 Å². The molecule has 0 bridgehead atoms. The van der Waals surface area contributed by atoms with Crippen molar-refractivity contribution in [1.29, 1.82) is 0 Å². The second-order valence-corrected chi connectivity index (χ2v) is 20.9. The Balaban J connectivity index is 0.000000162. The van der Waals surface area contributed by atoms with Crippen LogP contribution in [0, 0.1) is 45.2 Å². The Bertz CT molecular complexity index is 3070. The Morgan fingerprint density at radius 3 is 1.54 bits per heavy atom. The summed E-state index contributed by atoms with van der Waals surface area (Å²) in [6.07, 6.45) is 4.50. The van der Waals surface area contributed by atoms with Crippen LogP contribution < -0.4 is 10.1 Å². The number of rotatable bonds is 11. The second-order valence-electron chi connectivity index (χ2n) is 20.6. The molecule has 81 heavy (non-hydrogen) atoms. The molecule has 21 heteroatoms. The summed E-state index contributed by atoms with van der Waals surface area (Å²) < 4.78 is 66.6. The Morgan fingerprint density at radius 2 is 1.11 bits per heavy atom. The highest BCUT2D eigenvalue weighted by Gasteiger charge is 2.45. The first-order valence-corrected chi connectivity index (χ1v) is 27.2. The number of hydrogen-bond donors (Lipinski definition) is 2. The number of nitrogens with zero attached hydrogens (tertiary/aromatic N) is 6. The van der Waals surface area contributed by atoms with Crippen LogP contribution in [0.15, 0.2) is 133 Å². The van der Waals surface area contributed by atoms with Gasteiger partial charge in [0.25, 0.3) is 17.5 Å². The lowest BCUT2D eigenvalue weighted by Gasteiger charge is -2.34. The summed E-state index contributed by atoms with van der Waals surface area (Å²) in [6.45, 7) is 7.62. The van der Waals surface area contributed by atoms with E-state index in [1.165, 1.54) is 37.4 Å². The molecule has 16 nitrogen and oxygen atoms in total. The third-order valence-corrected chi connectivity index (χ3v) is 14.7. The lowest BCUT2D eigenvalue weighted by molar-refractivity contribution is -0.384. The van der Waals surface area contributed by atoms with Crippen LogP contribution in [0.2, 0.25) is 0 Å². The van der Waals surface area contributed by atoms with E-state index in [2.05, 4.69) is 26.9 Å². The van der Waals surface area contributed by atoms with Gasteiger partial charge in [0, 0.05) is 106 Å². The molecular weight excluding hydrogens is 1070 g/mol. The van der Waals surface area contributed by atoms with Crippen LogP contribution in [0.3, 0.4) is 0 Å². The van der Waals surface area contributed by atoms with Gasteiger partial charge in [-0.15, -0.1) is 0 Å². The monoisotopic (exact) mass is 1140 g/mol. The van der Waals surface area contributed by atoms with Gasteiger partial charge >= 0.3 is 11.5 Å². The average Bonchev–Trinajstić information content (AvgIpc) is 4.49. The first-order chi connectivity index (χ1) is 38.9. The predicted molar refractivity (Wildman–Crippen MR) is 297 cm³/mol. The summed E-state index contributed by atoms with van der Waals surface area (Å²) in [5.41, 5.74) is 2.05. The molecule has 11 rings (SSSR count). The predicted octanol–water partition coefficient (Wildman–Crippen LogP) is 9.65. The molecule has 4 atom stereocenters. The van der Waals surface area contributed by atoms with Gasteiger partial charge in [0.05, 0.1) is 17.0 Å². The quantitative estimate of drug-likeness (QED) is 0.0555. The molecule has 0 radical (unpaired) electrons. The molecule has 4 fully saturated rings. The number of carbonyl (C=O) groups is 4. The van der Waals surface area contributed by atoms with Gasteiger partial charge in [-0.1, -0.05) is 72.8 Å². The number of nitro benzene ring substituents is 1. The molecule has 2 aliphatic carbocycles. The van der Waals surface area contributed by atoms with Gasteiger partial charge in [0.1, 0.15) is 35.1 Å². The summed E-state index contributed by atoms with van der Waals surface area (Å²) in [7, 11) is 4.16. The fourth-order valence-electron chi connectivity index (χ4n) is 9.72. The lowest BCUT2D eigenvalue weighted by atomic mass is 10.0. The Kier molecular flexibility index (Phi) is 20.5. The fourth-order valence-corrected chi connectivity index (χ4v) is 9.81. The van der Waals surface area contributed by atoms with Crippen LogP contribution in [0.25, 0.3) is 11.1 Å². The number of piperazine rings is 2. The first kappa shape index (κ1) is 59.6. The second kappa shape index (κ2) is 27.8. The minimum Gasteiger partial charge on any atom is -0.436 e. The van der Waals surface area contributed by atoms with E-state index in [1.54, 1.807) is 26.9 Å². The van der Waals surface area contributed by atoms with E-state index in [0.717, 1.165) is 99.4 Å². The van der Waals surface area contributed by atoms with Gasteiger partial charge in [-0.25, -0.2) is 27.2 Å². The molecule has 2 N–H and O–H groups in total. The molecule has 428 valence electrons. The topological polar surface area (TPSA) is 178 Å². The highest BCUT2D eigenvalue weighted by Crippen LogP contribution is 2.42. The number of hydrogen-bond acceptors (Lipinski definition) is 12. The number of non-ortho nitro benzene ring substituents is 1. The average molecular weight is 1140 g/mol. The summed E-state index contributed by atoms with van der Waals surface area (Å²) in [5, 5.41) is 23.8. The number of likely N-dealkylation sites (N-methyl/N-ethyl adjacent to an activating group) is 2. The van der Waals surface area contributed by atoms with Crippen molar-refractivity contribution in [1.82, 2.24) is 29.8 Å². The van der Waals surface area contributed by atoms with Crippen molar-refractivity contribution in [3.8, 4) is 5.75 Å². The minimum absolute atomic E-state index is 0.00822. The molecule has 0 spiro atoms. The van der Waals surface area contributed by atoms with Crippen LogP contribution in [-0.4, -0.2) is 150 Å². The fraction of sp³-hybridized carbons (Fsp3) is 0.367. The number of carbonyl (C=O) groups excluding carboxylic acids is 4. The van der Waals surface area contributed by atoms with E-state index in [1.807, 2.05) is 67.7 Å². The Hall–Kier alpha value is -7.49. The largest absolute Gasteiger partial charge is 0.436 e. The van der Waals surface area contributed by atoms with Crippen molar-refractivity contribution in [3.05, 3.63) is 189 Å². The zero-order valence-corrected chi connectivity index (χ0v) is 45.6. The maximum Gasteiger partial charge on any atom is 0.410 e. The van der Waals surface area contributed by atoms with Gasteiger partial charge in [-0.2, -0.15) is 0 Å². The number of amides is 3. The van der Waals surface area contributed by atoms with Crippen LogP contribution in [0.5, 0.6) is 5.75 Å². The number of halogens is 5. The summed E-state index contributed by atoms with van der Waals surface area (Å²) >= 11 is 4.92. The van der Waals surface area contributed by atoms with E-state index >= 15 is 0 Å². The first-order valence-electron chi connectivity index (χ1n) is 26.8. The van der Waals surface area contributed by atoms with Gasteiger partial charge in [0.15, 0.2) is 6.10 Å². The molecule has 3 amide bonds. The lowest BCUT2D eigenvalue weighted by Crippen LogP contribution is -2.50. The smallest absolute Gasteiger partial charge is 0.410 e. The Labute approximate surface area is 472 Å². The summed E-state index contributed by atoms with van der Waals surface area (Å²) in [4.78, 5) is 68.7. The third kappa shape index (κ3) is 16.3. The molecule has 2 saturated carbocycles. The van der Waals surface area contributed by atoms with Crippen molar-refractivity contribution < 1.29 is 56.2 Å². The highest BCUT2D eigenvalue weighted by molar-refractivity contribution is 6.61. The number of aliphatic hydroxyl groups is 1. The molecular formula is C60H64ClF4N7O9. The summed E-state index contributed by atoms with van der Waals surface area (Å²) in [6, 6.07) is 29.6. The van der Waals surface area contributed by atoms with Crippen LogP contribution >= 0.6 is 11.6 Å². The molecule has 4 aliphatic heterocycles. The van der Waals surface area contributed by atoms with Crippen molar-refractivity contribution >= 4 is 51.8 Å². The van der Waals surface area contributed by atoms with Crippen LogP contribution in [-0.2, 0) is 14.3 Å². The van der Waals surface area contributed by atoms with E-state index in [9.17, 15) is 52.0 Å². The standard InChI is InChI=1S/C27H29F2N3O3.C21H19F2NO2.C7H4ClNO4.C5H12N2/c1-30-11-13-31(14-12-30)27(34)35-25(19-7-8-19)26(33)32-17-20(22-16-21(28)9-10-23(22)29)15-24(32)18-5-3-2-4-6-18;22-16-8-9-18(23)17(11-16)15-10-19(13-4-2-1-3-5-13)24(12-15)21(26)20(25)14-6-7-14;8-7(10)13-6-3-1-5(2-4-6)9(11)12;1-7-4-2-6-3-5-7/h2-6,9-10,15-16,19,24-25H,7-8,11-14,17H2,1H3;1-5,8-11,14,19-20,25H,6-7,12H2;1-4H;6H,2-5H2,1H3/t24-,25-;19-,20-;;/m00../s1. The van der Waals surface area contributed by atoms with Gasteiger partial charge in [-0.05, 0) is 117 Å². The summed E-state index contributed by atoms with van der Waals surface area (Å²) in [5.74, 6) is -2.64. The molecule has 2 saturated heterocycles. The number of ether oxygens (including phenoxy) is 2. The number of nitrogens with one attached hydrogen (secondary N) is 1. The van der Waals surface area contributed by atoms with Crippen molar-refractivity contribution in [2.75, 3.05) is 79.5 Å². The van der Waals surface area contributed by atoms with Gasteiger partial charge in [-0.3, -0.25) is 19.7 Å². The van der Waals surface area contributed by atoms with E-state index in [0.29, 0.717) is 24.2 Å². The van der Waals surface area contributed by atoms with Crippen molar-refractivity contribution in [2.45, 2.75) is 50.0 Å². The SMILES string of the molecule is CN1CCN(C(=O)O[C@H](C(=O)N2CC(c3cc(F)ccc3F)=C[C@H]2c2ccccc2)C2CC2)CC1.CN1CCNCC1.O=C(Cl)Oc1ccc([N+](=O)[O-])cc1.O=C([C@@H](O)C1CC1)N1CC(c2cc(F)ccc2F)=C[C@H]1c1ccccc1. The molecule has 6 aliphatic rings. The van der Waals surface area contributed by atoms with E-state index in [-0.39, 0.29) is 59.3 Å². The van der Waals surface area contributed by atoms with Crippen molar-refractivity contribution in [2.24, 2.45) is 11.8 Å². The maximum absolute atomic E-state index is 14.6. The maximum atomic E-state index is 14.6. The van der Waals surface area contributed by atoms with E-state index < -0.39 is 64.0 Å². The van der Waals surface area contributed by atoms with Gasteiger partial charge in [0.2, 0.25) is 0 Å². The number of benzene rings is 5. The zero-order valence-electron chi connectivity index (χ0n) is 44.9. The minimum atomic E-state index is -1.04. The molecule has 4 heterocycles. The van der Waals surface area contributed by atoms with E-state index in [4.69, 9.17) is 16.3 Å². The van der Waals surface area contributed by atoms with Crippen molar-refractivity contribution in [3.63, 3.8) is 0 Å². The molecule has 0 aromatic heterocycles. The molecule has 0 unspecified atom stereocenters. The number of aliphatic hydroxyl groups excluding tert-OH is 1. The van der Waals surface area contributed by atoms with Crippen LogP contribution in [0.1, 0.15) is 60.0 Å². The normalized spacial score (nSPS) is 19.7. The third-order valence-electron chi connectivity index (χ3n) is 14.7. The van der Waals surface area contributed by atoms with Gasteiger partial charge < -0.3 is 44.4 Å².